The predicted molar refractivity (Wildman–Crippen MR) is 224 cm³/mol. The van der Waals surface area contributed by atoms with Crippen molar-refractivity contribution in [1.29, 1.82) is 0 Å². The molecule has 0 saturated heterocycles. The second-order valence-corrected chi connectivity index (χ2v) is 13.1. The van der Waals surface area contributed by atoms with E-state index in [2.05, 4.69) is 165 Å². The Bertz CT molecular complexity index is 2760. The van der Waals surface area contributed by atoms with Crippen LogP contribution in [-0.4, -0.2) is 9.97 Å². The van der Waals surface area contributed by atoms with Crippen molar-refractivity contribution in [2.45, 2.75) is 13.8 Å². The molecular formula is C50H38N2. The Kier molecular flexibility index (Phi) is 8.96. The highest BCUT2D eigenvalue weighted by molar-refractivity contribution is 6.20. The van der Waals surface area contributed by atoms with Gasteiger partial charge in [-0.15, -0.1) is 0 Å². The number of pyridine rings is 2. The summed E-state index contributed by atoms with van der Waals surface area (Å²) in [6, 6.07) is 45.8. The van der Waals surface area contributed by atoms with Gasteiger partial charge in [0.25, 0.3) is 0 Å². The Balaban J connectivity index is 1.37. The largest absolute Gasteiger partial charge is 0.256 e. The topological polar surface area (TPSA) is 25.8 Å². The SMILES string of the molecule is C=C\C=C/C(C)=C/C(=C\C=C\C)c1c2ccccc2c(-c2ccc3ccccc3c2)c2cc(-c3ccc(-c4cnc5ccccc5c4)nc3)ccc12. The average Bonchev–Trinajstić information content (AvgIpc) is 3.20. The smallest absolute Gasteiger partial charge is 0.0718 e. The van der Waals surface area contributed by atoms with Gasteiger partial charge in [-0.05, 0) is 104 Å². The molecule has 0 aliphatic rings. The fourth-order valence-electron chi connectivity index (χ4n) is 7.19. The molecule has 0 aliphatic carbocycles. The van der Waals surface area contributed by atoms with Crippen LogP contribution in [0.2, 0.25) is 0 Å². The molecule has 0 amide bonds. The van der Waals surface area contributed by atoms with Crippen LogP contribution in [-0.2, 0) is 0 Å². The summed E-state index contributed by atoms with van der Waals surface area (Å²) in [5, 5.41) is 8.39. The van der Waals surface area contributed by atoms with E-state index in [0.717, 1.165) is 44.4 Å². The summed E-state index contributed by atoms with van der Waals surface area (Å²) in [6.07, 6.45) is 18.5. The molecule has 2 aromatic heterocycles. The van der Waals surface area contributed by atoms with E-state index < -0.39 is 0 Å². The molecule has 0 atom stereocenters. The van der Waals surface area contributed by atoms with Crippen molar-refractivity contribution in [3.05, 3.63) is 200 Å². The second-order valence-electron chi connectivity index (χ2n) is 13.1. The summed E-state index contributed by atoms with van der Waals surface area (Å²) in [6.45, 7) is 8.07. The Labute approximate surface area is 305 Å². The second kappa shape index (κ2) is 14.3. The molecule has 0 radical (unpaired) electrons. The summed E-state index contributed by atoms with van der Waals surface area (Å²) in [4.78, 5) is 9.60. The summed E-state index contributed by atoms with van der Waals surface area (Å²) < 4.78 is 0. The van der Waals surface area contributed by atoms with Crippen LogP contribution in [0, 0.1) is 0 Å². The minimum atomic E-state index is 0.902. The maximum Gasteiger partial charge on any atom is 0.0718 e. The Morgan fingerprint density at radius 3 is 2.08 bits per heavy atom. The van der Waals surface area contributed by atoms with Gasteiger partial charge in [0.05, 0.1) is 11.2 Å². The normalized spacial score (nSPS) is 12.6. The molecule has 248 valence electrons. The van der Waals surface area contributed by atoms with Crippen LogP contribution in [0.3, 0.4) is 0 Å². The molecule has 6 aromatic carbocycles. The lowest BCUT2D eigenvalue weighted by Crippen LogP contribution is -1.94. The van der Waals surface area contributed by atoms with Gasteiger partial charge in [0.2, 0.25) is 0 Å². The molecule has 52 heavy (non-hydrogen) atoms. The first kappa shape index (κ1) is 32.6. The first-order valence-corrected chi connectivity index (χ1v) is 17.7. The third-order valence-electron chi connectivity index (χ3n) is 9.68. The van der Waals surface area contributed by atoms with E-state index in [0.29, 0.717) is 0 Å². The van der Waals surface area contributed by atoms with E-state index in [1.807, 2.05) is 42.7 Å². The zero-order chi connectivity index (χ0) is 35.4. The first-order valence-electron chi connectivity index (χ1n) is 17.7. The number of aromatic nitrogens is 2. The lowest BCUT2D eigenvalue weighted by molar-refractivity contribution is 1.31. The molecule has 8 aromatic rings. The van der Waals surface area contributed by atoms with Gasteiger partial charge in [-0.25, -0.2) is 0 Å². The molecule has 2 nitrogen and oxygen atoms in total. The average molecular weight is 667 g/mol. The molecule has 2 heteroatoms. The Morgan fingerprint density at radius 1 is 0.577 bits per heavy atom. The zero-order valence-corrected chi connectivity index (χ0v) is 29.4. The van der Waals surface area contributed by atoms with Crippen LogP contribution >= 0.6 is 0 Å². The van der Waals surface area contributed by atoms with Crippen molar-refractivity contribution in [2.75, 3.05) is 0 Å². The minimum absolute atomic E-state index is 0.902. The molecule has 0 spiro atoms. The third-order valence-corrected chi connectivity index (χ3v) is 9.68. The fraction of sp³-hybridized carbons (Fsp3) is 0.0400. The Morgan fingerprint density at radius 2 is 1.27 bits per heavy atom. The minimum Gasteiger partial charge on any atom is -0.256 e. The molecular weight excluding hydrogens is 629 g/mol. The highest BCUT2D eigenvalue weighted by Gasteiger charge is 2.18. The van der Waals surface area contributed by atoms with E-state index >= 15 is 0 Å². The summed E-state index contributed by atoms with van der Waals surface area (Å²) in [5.74, 6) is 0. The van der Waals surface area contributed by atoms with Gasteiger partial charge in [0.15, 0.2) is 0 Å². The van der Waals surface area contributed by atoms with Crippen LogP contribution in [0.15, 0.2) is 194 Å². The van der Waals surface area contributed by atoms with Gasteiger partial charge in [-0.2, -0.15) is 0 Å². The molecule has 0 aliphatic heterocycles. The first-order chi connectivity index (χ1) is 25.6. The quantitative estimate of drug-likeness (QED) is 0.119. The number of hydrogen-bond donors (Lipinski definition) is 0. The molecule has 8 rings (SSSR count). The van der Waals surface area contributed by atoms with Crippen molar-refractivity contribution >= 4 is 48.8 Å². The maximum atomic E-state index is 4.94. The molecule has 0 N–H and O–H groups in total. The van der Waals surface area contributed by atoms with Gasteiger partial charge in [0, 0.05) is 28.9 Å². The van der Waals surface area contributed by atoms with Crippen LogP contribution in [0.1, 0.15) is 19.4 Å². The van der Waals surface area contributed by atoms with Crippen molar-refractivity contribution in [1.82, 2.24) is 9.97 Å². The highest BCUT2D eigenvalue weighted by atomic mass is 14.7. The van der Waals surface area contributed by atoms with E-state index in [1.54, 1.807) is 0 Å². The molecule has 0 fully saturated rings. The number of nitrogens with zero attached hydrogens (tertiary/aromatic N) is 2. The fourth-order valence-corrected chi connectivity index (χ4v) is 7.19. The molecule has 0 saturated carbocycles. The Hall–Kier alpha value is -6.64. The van der Waals surface area contributed by atoms with Gasteiger partial charge in [-0.3, -0.25) is 9.97 Å². The lowest BCUT2D eigenvalue weighted by atomic mass is 9.84. The van der Waals surface area contributed by atoms with Gasteiger partial charge in [0.1, 0.15) is 0 Å². The summed E-state index contributed by atoms with van der Waals surface area (Å²) >= 11 is 0. The highest BCUT2D eigenvalue weighted by Crippen LogP contribution is 2.44. The van der Waals surface area contributed by atoms with Crippen LogP contribution in [0.25, 0.3) is 82.3 Å². The van der Waals surface area contributed by atoms with Crippen molar-refractivity contribution in [2.24, 2.45) is 0 Å². The molecule has 0 bridgehead atoms. The van der Waals surface area contributed by atoms with Crippen LogP contribution in [0.4, 0.5) is 0 Å². The number of rotatable bonds is 8. The monoisotopic (exact) mass is 666 g/mol. The summed E-state index contributed by atoms with van der Waals surface area (Å²) in [7, 11) is 0. The number of allylic oxidation sites excluding steroid dienone is 9. The van der Waals surface area contributed by atoms with Crippen molar-refractivity contribution in [3.63, 3.8) is 0 Å². The van der Waals surface area contributed by atoms with E-state index in [9.17, 15) is 0 Å². The zero-order valence-electron chi connectivity index (χ0n) is 29.4. The number of hydrogen-bond acceptors (Lipinski definition) is 2. The van der Waals surface area contributed by atoms with Crippen LogP contribution < -0.4 is 0 Å². The van der Waals surface area contributed by atoms with E-state index in [4.69, 9.17) is 4.98 Å². The third kappa shape index (κ3) is 6.27. The van der Waals surface area contributed by atoms with E-state index in [1.165, 1.54) is 49.0 Å². The standard InChI is InChI=1S/C50H38N2/c1-4-6-14-34(3)28-39(15-7-5-2)49-43-19-11-12-20-44(43)50(40-23-22-35-16-8-9-17-36(35)29-40)46-31-37(24-26-45(46)49)41-25-27-48(51-32-41)42-30-38-18-10-13-21-47(38)52-33-42/h4-33H,1H2,2-3H3/b7-5+,14-6-,34-28+,39-15+. The van der Waals surface area contributed by atoms with Crippen molar-refractivity contribution < 1.29 is 0 Å². The van der Waals surface area contributed by atoms with Crippen molar-refractivity contribution in [3.8, 4) is 33.5 Å². The number of fused-ring (bicyclic) bond motifs is 4. The van der Waals surface area contributed by atoms with Crippen LogP contribution in [0.5, 0.6) is 0 Å². The maximum absolute atomic E-state index is 4.94. The number of para-hydroxylation sites is 1. The van der Waals surface area contributed by atoms with Gasteiger partial charge < -0.3 is 0 Å². The molecule has 2 heterocycles. The molecule has 0 unspecified atom stereocenters. The lowest BCUT2D eigenvalue weighted by Gasteiger charge is -2.19. The van der Waals surface area contributed by atoms with Gasteiger partial charge >= 0.3 is 0 Å². The predicted octanol–water partition coefficient (Wildman–Crippen LogP) is 13.7. The summed E-state index contributed by atoms with van der Waals surface area (Å²) in [5.41, 5.74) is 11.0. The van der Waals surface area contributed by atoms with E-state index in [-0.39, 0.29) is 0 Å². The van der Waals surface area contributed by atoms with Gasteiger partial charge in [-0.1, -0.05) is 152 Å². The number of benzene rings is 6.